The number of Topliss-reactive ketones (excluding diaryl/α,β-unsaturated/α-hetero) is 1. The van der Waals surface area contributed by atoms with E-state index in [1.807, 2.05) is 31.2 Å². The lowest BCUT2D eigenvalue weighted by atomic mass is 10.1. The summed E-state index contributed by atoms with van der Waals surface area (Å²) in [6, 6.07) is 14.5. The Morgan fingerprint density at radius 3 is 1.98 bits per heavy atom. The fourth-order valence-electron chi connectivity index (χ4n) is 5.28. The molecule has 3 rings (SSSR count). The second-order valence-electron chi connectivity index (χ2n) is 12.8. The molecule has 1 heterocycles. The Bertz CT molecular complexity index is 1830. The van der Waals surface area contributed by atoms with Gasteiger partial charge in [-0.1, -0.05) is 48.0 Å². The number of unbranched alkanes of at least 4 members (excludes halogenated alkanes) is 4. The molecule has 300 valence electrons. The quantitative estimate of drug-likeness (QED) is 0.0599. The molecule has 3 aromatic rings. The smallest absolute Gasteiger partial charge is 0.239 e. The number of hydrogen-bond acceptors (Lipinski definition) is 12. The van der Waals surface area contributed by atoms with Crippen molar-refractivity contribution in [1.29, 1.82) is 0 Å². The minimum atomic E-state index is -3.93. The maximum atomic E-state index is 13.8. The highest BCUT2D eigenvalue weighted by Crippen LogP contribution is 2.28. The van der Waals surface area contributed by atoms with Crippen molar-refractivity contribution < 1.29 is 37.5 Å². The largest absolute Gasteiger partial charge is 0.396 e. The van der Waals surface area contributed by atoms with Crippen LogP contribution in [0, 0.1) is 6.92 Å². The molecule has 3 amide bonds. The van der Waals surface area contributed by atoms with Gasteiger partial charge in [-0.15, -0.1) is 0 Å². The number of nitrogens with two attached hydrogens (primary N) is 1. The van der Waals surface area contributed by atoms with Crippen LogP contribution in [0.15, 0.2) is 59.5 Å². The summed E-state index contributed by atoms with van der Waals surface area (Å²) in [5, 5.41) is 32.8. The number of aromatic nitrogens is 2. The van der Waals surface area contributed by atoms with Gasteiger partial charge in [-0.05, 0) is 89.0 Å². The van der Waals surface area contributed by atoms with Crippen molar-refractivity contribution in [3.05, 3.63) is 65.9 Å². The number of rotatable bonds is 25. The Kier molecular flexibility index (Phi) is 19.2. The zero-order valence-electron chi connectivity index (χ0n) is 31.3. The van der Waals surface area contributed by atoms with Crippen LogP contribution in [-0.4, -0.2) is 104 Å². The molecule has 0 saturated heterocycles. The Labute approximate surface area is 326 Å². The average molecular weight is 801 g/mol. The predicted molar refractivity (Wildman–Crippen MR) is 211 cm³/mol. The molecule has 0 spiro atoms. The van der Waals surface area contributed by atoms with Gasteiger partial charge in [0.05, 0.1) is 47.4 Å². The second-order valence-corrected chi connectivity index (χ2v) is 15.5. The van der Waals surface area contributed by atoms with Gasteiger partial charge in [-0.3, -0.25) is 24.0 Å². The molecule has 0 aliphatic heterocycles. The van der Waals surface area contributed by atoms with Crippen LogP contribution < -0.4 is 31.7 Å². The van der Waals surface area contributed by atoms with E-state index in [-0.39, 0.29) is 41.2 Å². The number of aliphatic hydroxyl groups is 1. The average Bonchev–Trinajstić information content (AvgIpc) is 3.60. The van der Waals surface area contributed by atoms with Crippen LogP contribution in [0.25, 0.3) is 16.9 Å². The third-order valence-electron chi connectivity index (χ3n) is 8.25. The van der Waals surface area contributed by atoms with E-state index in [0.717, 1.165) is 74.5 Å². The van der Waals surface area contributed by atoms with Crippen LogP contribution in [0.3, 0.4) is 0 Å². The second kappa shape index (κ2) is 23.5. The Balaban J connectivity index is 1.73. The molecule has 0 radical (unpaired) electrons. The zero-order chi connectivity index (χ0) is 40.2. The molecule has 0 aliphatic rings. The van der Waals surface area contributed by atoms with E-state index in [9.17, 15) is 32.4 Å². The van der Waals surface area contributed by atoms with Gasteiger partial charge >= 0.3 is 0 Å². The Morgan fingerprint density at radius 1 is 0.800 bits per heavy atom. The van der Waals surface area contributed by atoms with Gasteiger partial charge in [0, 0.05) is 19.1 Å². The van der Waals surface area contributed by atoms with Crippen LogP contribution in [0.4, 0.5) is 0 Å². The molecule has 1 unspecified atom stereocenters. The van der Waals surface area contributed by atoms with Crippen molar-refractivity contribution in [1.82, 2.24) is 36.4 Å². The molecule has 18 heteroatoms. The number of primary sulfonamides is 1. The number of ketones is 1. The van der Waals surface area contributed by atoms with Gasteiger partial charge in [-0.2, -0.15) is 5.10 Å². The molecule has 8 N–H and O–H groups in total. The van der Waals surface area contributed by atoms with E-state index in [0.29, 0.717) is 23.6 Å². The standard InChI is InChI=1S/C37H52N8O8S2/c1-26-9-11-28(12-10-26)32-21-31(44-45(32)29-13-15-30(16-14-29)55(38,52)53)37(40-19-7-3-5-17-39-18-6-4-8-20-46)33(48)22-41-34(49)23-42-35(50)24-43-36(51)25-54-27(2)47/h9-16,21,37,39-40,46H,3-8,17-20,22-25H2,1-2H3,(H,41,49)(H,42,50)(H,43,51)(H2,38,52,53). The summed E-state index contributed by atoms with van der Waals surface area (Å²) >= 11 is 0.811. The maximum absolute atomic E-state index is 13.8. The molecular formula is C37H52N8O8S2. The monoisotopic (exact) mass is 800 g/mol. The molecule has 0 bridgehead atoms. The van der Waals surface area contributed by atoms with Crippen molar-refractivity contribution >= 4 is 50.4 Å². The molecule has 0 saturated carbocycles. The molecule has 1 aromatic heterocycles. The van der Waals surface area contributed by atoms with E-state index in [2.05, 4.69) is 26.6 Å². The summed E-state index contributed by atoms with van der Waals surface area (Å²) in [6.45, 7) is 4.52. The number of aliphatic hydroxyl groups excluding tert-OH is 1. The third kappa shape index (κ3) is 16.4. The van der Waals surface area contributed by atoms with Crippen molar-refractivity contribution in [2.45, 2.75) is 63.3 Å². The normalized spacial score (nSPS) is 11.9. The van der Waals surface area contributed by atoms with Crippen LogP contribution in [0.1, 0.15) is 62.7 Å². The first-order valence-electron chi connectivity index (χ1n) is 18.1. The van der Waals surface area contributed by atoms with Crippen LogP contribution in [0.5, 0.6) is 0 Å². The van der Waals surface area contributed by atoms with Crippen molar-refractivity contribution in [3.8, 4) is 16.9 Å². The summed E-state index contributed by atoms with van der Waals surface area (Å²) in [5.74, 6) is -2.25. The molecular weight excluding hydrogens is 749 g/mol. The summed E-state index contributed by atoms with van der Waals surface area (Å²) in [7, 11) is -3.93. The fraction of sp³-hybridized carbons (Fsp3) is 0.459. The highest BCUT2D eigenvalue weighted by Gasteiger charge is 2.26. The number of benzene rings is 2. The first-order valence-corrected chi connectivity index (χ1v) is 20.6. The van der Waals surface area contributed by atoms with Crippen molar-refractivity contribution in [2.75, 3.05) is 51.6 Å². The zero-order valence-corrected chi connectivity index (χ0v) is 32.9. The fourth-order valence-corrected chi connectivity index (χ4v) is 6.23. The minimum absolute atomic E-state index is 0.0624. The lowest BCUT2D eigenvalue weighted by molar-refractivity contribution is -0.128. The van der Waals surface area contributed by atoms with Crippen molar-refractivity contribution in [2.24, 2.45) is 5.14 Å². The Hall–Kier alpha value is -4.46. The highest BCUT2D eigenvalue weighted by molar-refractivity contribution is 8.14. The summed E-state index contributed by atoms with van der Waals surface area (Å²) < 4.78 is 25.5. The first-order chi connectivity index (χ1) is 26.3. The van der Waals surface area contributed by atoms with Crippen molar-refractivity contribution in [3.63, 3.8) is 0 Å². The number of nitrogens with one attached hydrogen (secondary N) is 5. The highest BCUT2D eigenvalue weighted by atomic mass is 32.2. The number of hydrogen-bond donors (Lipinski definition) is 7. The third-order valence-corrected chi connectivity index (χ3v) is 9.99. The summed E-state index contributed by atoms with van der Waals surface area (Å²) in [5.41, 5.74) is 3.39. The lowest BCUT2D eigenvalue weighted by Crippen LogP contribution is -2.44. The number of nitrogens with zero attached hydrogens (tertiary/aromatic N) is 2. The number of amides is 3. The van der Waals surface area contributed by atoms with Gasteiger partial charge in [-0.25, -0.2) is 18.2 Å². The minimum Gasteiger partial charge on any atom is -0.396 e. The number of sulfonamides is 1. The SMILES string of the molecule is CC(=O)SCC(=O)NCC(=O)NCC(=O)NCC(=O)C(NCCCCCNCCCCCO)c1cc(-c2ccc(C)cc2)n(-c2ccc(S(N)(=O)=O)cc2)n1. The van der Waals surface area contributed by atoms with Gasteiger partial charge in [0.25, 0.3) is 0 Å². The summed E-state index contributed by atoms with van der Waals surface area (Å²) in [4.78, 5) is 61.3. The molecule has 0 fully saturated rings. The molecule has 55 heavy (non-hydrogen) atoms. The topological polar surface area (TPSA) is 244 Å². The molecule has 0 aliphatic carbocycles. The number of thioether (sulfide) groups is 1. The van der Waals surface area contributed by atoms with Gasteiger partial charge in [0.15, 0.2) is 10.9 Å². The van der Waals surface area contributed by atoms with Gasteiger partial charge in [0.1, 0.15) is 6.04 Å². The van der Waals surface area contributed by atoms with Gasteiger partial charge in [0.2, 0.25) is 27.7 Å². The molecule has 16 nitrogen and oxygen atoms in total. The maximum Gasteiger partial charge on any atom is 0.239 e. The first kappa shape index (κ1) is 44.9. The van der Waals surface area contributed by atoms with Crippen LogP contribution in [0.2, 0.25) is 0 Å². The number of carbonyl (C=O) groups excluding carboxylic acids is 5. The molecule has 2 aromatic carbocycles. The van der Waals surface area contributed by atoms with E-state index >= 15 is 0 Å². The number of carbonyl (C=O) groups is 5. The Morgan fingerprint density at radius 2 is 1.38 bits per heavy atom. The van der Waals surface area contributed by atoms with E-state index in [1.54, 1.807) is 22.9 Å². The van der Waals surface area contributed by atoms with E-state index in [4.69, 9.17) is 15.3 Å². The number of aryl methyl sites for hydroxylation is 1. The van der Waals surface area contributed by atoms with E-state index in [1.165, 1.54) is 19.1 Å². The van der Waals surface area contributed by atoms with Crippen LogP contribution in [-0.2, 0) is 34.0 Å². The van der Waals surface area contributed by atoms with Gasteiger partial charge < -0.3 is 31.7 Å². The van der Waals surface area contributed by atoms with Crippen LogP contribution >= 0.6 is 11.8 Å². The summed E-state index contributed by atoms with van der Waals surface area (Å²) in [6.07, 6.45) is 5.37. The predicted octanol–water partition coefficient (Wildman–Crippen LogP) is 1.25. The lowest BCUT2D eigenvalue weighted by Gasteiger charge is -2.16. The van der Waals surface area contributed by atoms with E-state index < -0.39 is 40.3 Å². The molecule has 1 atom stereocenters.